The summed E-state index contributed by atoms with van der Waals surface area (Å²) >= 11 is 0. The van der Waals surface area contributed by atoms with E-state index in [-0.39, 0.29) is 24.8 Å². The second-order valence-corrected chi connectivity index (χ2v) is 17.7. The molecule has 314 valence electrons. The van der Waals surface area contributed by atoms with Gasteiger partial charge >= 0.3 is 23.9 Å². The van der Waals surface area contributed by atoms with E-state index in [1.807, 2.05) is 0 Å². The van der Waals surface area contributed by atoms with E-state index in [0.717, 1.165) is 0 Å². The number of furan rings is 1. The summed E-state index contributed by atoms with van der Waals surface area (Å²) in [7, 11) is 3.76. The molecule has 0 radical (unpaired) electrons. The third-order valence-electron chi connectivity index (χ3n) is 15.3. The molecular formula is C40H52O17. The molecule has 15 atom stereocenters. The second kappa shape index (κ2) is 11.9. The van der Waals surface area contributed by atoms with Crippen molar-refractivity contribution < 1.29 is 81.2 Å². The smallest absolute Gasteiger partial charge is 0.333 e. The molecule has 0 amide bonds. The molecule has 3 aliphatic heterocycles. The van der Waals surface area contributed by atoms with Gasteiger partial charge in [-0.05, 0) is 38.7 Å². The Morgan fingerprint density at radius 1 is 0.965 bits per heavy atom. The van der Waals surface area contributed by atoms with Crippen molar-refractivity contribution in [2.24, 2.45) is 22.2 Å². The number of hydrogen-bond acceptors (Lipinski definition) is 17. The van der Waals surface area contributed by atoms with Crippen molar-refractivity contribution in [1.82, 2.24) is 0 Å². The molecule has 4 bridgehead atoms. The van der Waals surface area contributed by atoms with E-state index >= 15 is 0 Å². The zero-order valence-electron chi connectivity index (χ0n) is 34.0. The minimum absolute atomic E-state index is 0.150. The fourth-order valence-electron chi connectivity index (χ4n) is 13.3. The van der Waals surface area contributed by atoms with E-state index in [9.17, 15) is 29.4 Å². The Labute approximate surface area is 329 Å². The molecule has 8 rings (SSSR count). The van der Waals surface area contributed by atoms with Gasteiger partial charge < -0.3 is 62.0 Å². The maximum Gasteiger partial charge on any atom is 0.333 e. The highest BCUT2D eigenvalue weighted by atomic mass is 17.0. The lowest BCUT2D eigenvalue weighted by molar-refractivity contribution is -0.468. The molecule has 17 heteroatoms. The molecule has 1 aromatic rings. The van der Waals surface area contributed by atoms with Crippen molar-refractivity contribution in [2.75, 3.05) is 21.3 Å². The fraction of sp³-hybridized carbons (Fsp3) is 0.750. The largest absolute Gasteiger partial charge is 0.472 e. The molecule has 7 fully saturated rings. The van der Waals surface area contributed by atoms with Crippen LogP contribution in [0.5, 0.6) is 0 Å². The number of esters is 4. The summed E-state index contributed by atoms with van der Waals surface area (Å²) in [5, 5.41) is 27.3. The van der Waals surface area contributed by atoms with Crippen LogP contribution in [0.4, 0.5) is 0 Å². The van der Waals surface area contributed by atoms with Crippen LogP contribution in [-0.4, -0.2) is 114 Å². The van der Waals surface area contributed by atoms with Crippen LogP contribution in [0.25, 0.3) is 0 Å². The van der Waals surface area contributed by atoms with Gasteiger partial charge in [-0.2, -0.15) is 0 Å². The molecular weight excluding hydrogens is 752 g/mol. The number of methoxy groups -OCH3 is 3. The number of fused-ring (bicyclic) bond motifs is 2. The quantitative estimate of drug-likeness (QED) is 0.198. The second-order valence-electron chi connectivity index (χ2n) is 17.7. The van der Waals surface area contributed by atoms with Gasteiger partial charge in [-0.3, -0.25) is 14.4 Å². The van der Waals surface area contributed by atoms with Crippen molar-refractivity contribution in [3.8, 4) is 0 Å². The van der Waals surface area contributed by atoms with Crippen LogP contribution >= 0.6 is 0 Å². The summed E-state index contributed by atoms with van der Waals surface area (Å²) in [6, 6.07) is 1.59. The van der Waals surface area contributed by atoms with Gasteiger partial charge in [0, 0.05) is 61.7 Å². The topological polar surface area (TPSA) is 214 Å². The summed E-state index contributed by atoms with van der Waals surface area (Å²) in [5.74, 6) is -8.01. The molecule has 3 saturated heterocycles. The van der Waals surface area contributed by atoms with Crippen LogP contribution < -0.4 is 0 Å². The van der Waals surface area contributed by atoms with Crippen molar-refractivity contribution in [3.05, 3.63) is 35.8 Å². The molecule has 4 saturated carbocycles. The van der Waals surface area contributed by atoms with Crippen molar-refractivity contribution in [2.45, 2.75) is 145 Å². The molecule has 17 nitrogen and oxygen atoms in total. The van der Waals surface area contributed by atoms with Gasteiger partial charge in [0.25, 0.3) is 11.9 Å². The number of carbonyl (C=O) groups excluding carboxylic acids is 4. The molecule has 7 aliphatic rings. The molecule has 1 aromatic heterocycles. The zero-order chi connectivity index (χ0) is 41.8. The molecule has 2 spiro atoms. The number of aliphatic hydroxyl groups excluding tert-OH is 1. The highest BCUT2D eigenvalue weighted by Gasteiger charge is 3.07. The lowest BCUT2D eigenvalue weighted by Crippen LogP contribution is -2.97. The average Bonchev–Trinajstić information content (AvgIpc) is 3.97. The van der Waals surface area contributed by atoms with E-state index in [2.05, 4.69) is 0 Å². The van der Waals surface area contributed by atoms with Crippen LogP contribution in [0.15, 0.2) is 34.7 Å². The van der Waals surface area contributed by atoms with E-state index in [4.69, 9.17) is 51.8 Å². The van der Waals surface area contributed by atoms with Crippen LogP contribution in [0.3, 0.4) is 0 Å². The van der Waals surface area contributed by atoms with Gasteiger partial charge in [0.1, 0.15) is 35.1 Å². The molecule has 2 N–H and O–H groups in total. The first-order chi connectivity index (χ1) is 26.5. The van der Waals surface area contributed by atoms with Crippen LogP contribution in [0.2, 0.25) is 0 Å². The third kappa shape index (κ3) is 4.17. The normalized spacial score (nSPS) is 50.2. The summed E-state index contributed by atoms with van der Waals surface area (Å²) in [4.78, 5) is 54.8. The first kappa shape index (κ1) is 40.4. The highest BCUT2D eigenvalue weighted by molar-refractivity contribution is 5.88. The van der Waals surface area contributed by atoms with Crippen LogP contribution in [0, 0.1) is 22.2 Å². The van der Waals surface area contributed by atoms with Crippen molar-refractivity contribution in [1.29, 1.82) is 0 Å². The van der Waals surface area contributed by atoms with E-state index < -0.39 is 117 Å². The zero-order valence-corrected chi connectivity index (χ0v) is 34.0. The Hall–Kier alpha value is -3.42. The number of ether oxygens (including phenoxy) is 10. The third-order valence-corrected chi connectivity index (χ3v) is 15.3. The predicted octanol–water partition coefficient (Wildman–Crippen LogP) is 2.89. The Morgan fingerprint density at radius 2 is 1.63 bits per heavy atom. The number of rotatable bonds is 10. The molecule has 4 heterocycles. The lowest BCUT2D eigenvalue weighted by Gasteiger charge is -2.78. The first-order valence-corrected chi connectivity index (χ1v) is 19.1. The summed E-state index contributed by atoms with van der Waals surface area (Å²) < 4.78 is 69.8. The minimum atomic E-state index is -2.27. The van der Waals surface area contributed by atoms with Gasteiger partial charge in [-0.25, -0.2) is 4.79 Å². The van der Waals surface area contributed by atoms with Gasteiger partial charge in [-0.15, -0.1) is 0 Å². The molecule has 1 unspecified atom stereocenters. The van der Waals surface area contributed by atoms with E-state index in [0.29, 0.717) is 5.56 Å². The van der Waals surface area contributed by atoms with Crippen molar-refractivity contribution in [3.63, 3.8) is 0 Å². The number of carbonyl (C=O) groups is 4. The predicted molar refractivity (Wildman–Crippen MR) is 188 cm³/mol. The Balaban J connectivity index is 1.53. The molecule has 4 aliphatic carbocycles. The van der Waals surface area contributed by atoms with E-state index in [1.54, 1.807) is 46.8 Å². The number of allylic oxidation sites excluding steroid dienone is 1. The number of hydrogen-bond donors (Lipinski definition) is 2. The SMILES string of the molecule is C/C=C(\C)C(=O)O[C@H]1[C@]2(C)C[C@]3(O)[C@]14O[C@](C)(OC)O[C@H]4[C@]14OC5(C)O[C@@]1(CC(=O)OC)[C@](C)([C@@H](OC(C)=O)c1ccoc1)C[C@@H](O)[C@]4(O5)[C@]3(C)[C@H]2CC(=O)OC. The fourth-order valence-corrected chi connectivity index (χ4v) is 13.3. The average molecular weight is 805 g/mol. The van der Waals surface area contributed by atoms with Crippen LogP contribution in [0.1, 0.15) is 92.7 Å². The summed E-state index contributed by atoms with van der Waals surface area (Å²) in [5.41, 5.74) is -15.0. The van der Waals surface area contributed by atoms with Gasteiger partial charge in [-0.1, -0.05) is 26.8 Å². The Kier molecular flexibility index (Phi) is 8.40. The lowest BCUT2D eigenvalue weighted by atomic mass is 9.32. The van der Waals surface area contributed by atoms with Gasteiger partial charge in [0.05, 0.1) is 39.3 Å². The number of aliphatic hydroxyl groups is 2. The molecule has 57 heavy (non-hydrogen) atoms. The van der Waals surface area contributed by atoms with Gasteiger partial charge in [0.15, 0.2) is 11.2 Å². The standard InChI is InChI=1S/C40H52O17/c1-12-20(2)28(45)52-29-31(4)19-36(46)33(6,23(31)15-25(43)47-9)39-24(42)16-32(5,27(51-21(3)41)22-13-14-50-18-22)37(17-26(44)48-10)40(39,57-35(8,54-37)56-39)30-38(29,36)55-34(7,49-11)53-30/h12-14,18,23-24,27,29-30,42,46H,15-17,19H2,1-11H3/b20-12+/t23-,24+,27-,29-,30+,31+,32-,33+,34+,35?,36+,37-,38-,39-,40-/m0/s1. The first-order valence-electron chi connectivity index (χ1n) is 19.1. The maximum atomic E-state index is 14.1. The maximum absolute atomic E-state index is 14.1. The Morgan fingerprint density at radius 3 is 2.21 bits per heavy atom. The minimum Gasteiger partial charge on any atom is -0.472 e. The highest BCUT2D eigenvalue weighted by Crippen LogP contribution is 2.90. The van der Waals surface area contributed by atoms with Crippen molar-refractivity contribution >= 4 is 23.9 Å². The van der Waals surface area contributed by atoms with Gasteiger partial charge in [0.2, 0.25) is 0 Å². The summed E-state index contributed by atoms with van der Waals surface area (Å²) in [6.07, 6.45) is -3.09. The molecule has 0 aromatic carbocycles. The van der Waals surface area contributed by atoms with E-state index in [1.165, 1.54) is 54.6 Å². The summed E-state index contributed by atoms with van der Waals surface area (Å²) in [6.45, 7) is 12.6. The monoisotopic (exact) mass is 804 g/mol. The Bertz CT molecular complexity index is 1950. The van der Waals surface area contributed by atoms with Crippen LogP contribution in [-0.2, 0) is 66.5 Å².